The summed E-state index contributed by atoms with van der Waals surface area (Å²) in [5.41, 5.74) is 6.46. The molecule has 6 nitrogen and oxygen atoms in total. The normalized spacial score (nSPS) is 12.7. The monoisotopic (exact) mass is 365 g/mol. The second kappa shape index (κ2) is 8.36. The summed E-state index contributed by atoms with van der Waals surface area (Å²) in [5.74, 6) is 1.09. The number of benzene rings is 1. The van der Waals surface area contributed by atoms with Crippen LogP contribution in [0.3, 0.4) is 0 Å². The summed E-state index contributed by atoms with van der Waals surface area (Å²) >= 11 is 5.98. The van der Waals surface area contributed by atoms with Gasteiger partial charge >= 0.3 is 6.09 Å². The molecule has 0 unspecified atom stereocenters. The highest BCUT2D eigenvalue weighted by Gasteiger charge is 2.17. The van der Waals surface area contributed by atoms with Crippen LogP contribution in [0.25, 0.3) is 11.3 Å². The van der Waals surface area contributed by atoms with Crippen LogP contribution in [0, 0.1) is 0 Å². The van der Waals surface area contributed by atoms with Crippen molar-refractivity contribution in [1.29, 1.82) is 0 Å². The van der Waals surface area contributed by atoms with Crippen molar-refractivity contribution in [2.75, 3.05) is 6.54 Å². The Morgan fingerprint density at radius 2 is 2.20 bits per heavy atom. The first kappa shape index (κ1) is 19.3. The Morgan fingerprint density at radius 3 is 2.88 bits per heavy atom. The van der Waals surface area contributed by atoms with Gasteiger partial charge in [-0.15, -0.1) is 0 Å². The van der Waals surface area contributed by atoms with Gasteiger partial charge in [-0.3, -0.25) is 0 Å². The van der Waals surface area contributed by atoms with E-state index in [4.69, 9.17) is 26.5 Å². The van der Waals surface area contributed by atoms with E-state index in [1.165, 1.54) is 0 Å². The number of hydrogen-bond donors (Lipinski definition) is 2. The summed E-state index contributed by atoms with van der Waals surface area (Å²) in [6.07, 6.45) is 2.53. The quantitative estimate of drug-likeness (QED) is 0.745. The van der Waals surface area contributed by atoms with Crippen molar-refractivity contribution >= 4 is 17.7 Å². The Bertz CT molecular complexity index is 710. The Labute approximate surface area is 152 Å². The minimum absolute atomic E-state index is 0.339. The molecule has 0 spiro atoms. The van der Waals surface area contributed by atoms with Gasteiger partial charge in [0.25, 0.3) is 0 Å². The van der Waals surface area contributed by atoms with E-state index in [1.807, 2.05) is 39.0 Å². The average molecular weight is 366 g/mol. The van der Waals surface area contributed by atoms with Crippen molar-refractivity contribution < 1.29 is 13.9 Å². The Kier molecular flexibility index (Phi) is 6.45. The molecule has 1 atom stereocenters. The number of nitrogens with one attached hydrogen (secondary N) is 1. The van der Waals surface area contributed by atoms with Gasteiger partial charge in [-0.2, -0.15) is 0 Å². The summed E-state index contributed by atoms with van der Waals surface area (Å²) in [6, 6.07) is 7.01. The number of alkyl carbamates (subject to hydrolysis) is 1. The van der Waals surface area contributed by atoms with Gasteiger partial charge in [0.05, 0.1) is 12.2 Å². The van der Waals surface area contributed by atoms with Crippen LogP contribution >= 0.6 is 11.6 Å². The van der Waals surface area contributed by atoms with Crippen molar-refractivity contribution in [2.45, 2.75) is 45.3 Å². The molecule has 0 radical (unpaired) electrons. The third kappa shape index (κ3) is 6.40. The zero-order chi connectivity index (χ0) is 18.4. The predicted octanol–water partition coefficient (Wildman–Crippen LogP) is 4.30. The largest absolute Gasteiger partial charge is 0.444 e. The van der Waals surface area contributed by atoms with E-state index in [9.17, 15) is 4.79 Å². The zero-order valence-electron chi connectivity index (χ0n) is 14.7. The molecule has 1 aromatic carbocycles. The van der Waals surface area contributed by atoms with Crippen LogP contribution in [0.2, 0.25) is 5.02 Å². The SMILES string of the molecule is CC(C)(C)OC(=O)NCCC[C@H](N)c1ncc(-c2cccc(Cl)c2)o1. The molecular weight excluding hydrogens is 342 g/mol. The molecule has 3 N–H and O–H groups in total. The van der Waals surface area contributed by atoms with Gasteiger partial charge < -0.3 is 20.2 Å². The number of amides is 1. The van der Waals surface area contributed by atoms with Crippen molar-refractivity contribution in [1.82, 2.24) is 10.3 Å². The fourth-order valence-electron chi connectivity index (χ4n) is 2.18. The molecule has 0 aliphatic heterocycles. The number of carbonyl (C=O) groups is 1. The van der Waals surface area contributed by atoms with E-state index in [0.717, 1.165) is 5.56 Å². The lowest BCUT2D eigenvalue weighted by molar-refractivity contribution is 0.0526. The second-order valence-corrected chi connectivity index (χ2v) is 7.19. The second-order valence-electron chi connectivity index (χ2n) is 6.75. The first-order valence-corrected chi connectivity index (χ1v) is 8.56. The zero-order valence-corrected chi connectivity index (χ0v) is 15.5. The molecule has 7 heteroatoms. The number of carbonyl (C=O) groups excluding carboxylic acids is 1. The number of hydrogen-bond acceptors (Lipinski definition) is 5. The molecule has 1 heterocycles. The van der Waals surface area contributed by atoms with Gasteiger partial charge in [0.1, 0.15) is 5.60 Å². The first-order valence-electron chi connectivity index (χ1n) is 8.19. The highest BCUT2D eigenvalue weighted by molar-refractivity contribution is 6.30. The molecule has 1 aromatic heterocycles. The number of ether oxygens (including phenoxy) is 1. The van der Waals surface area contributed by atoms with Crippen LogP contribution in [-0.2, 0) is 4.74 Å². The average Bonchev–Trinajstić information content (AvgIpc) is 2.99. The topological polar surface area (TPSA) is 90.4 Å². The first-order chi connectivity index (χ1) is 11.7. The molecule has 0 aliphatic rings. The van der Waals surface area contributed by atoms with E-state index >= 15 is 0 Å². The number of oxazole rings is 1. The summed E-state index contributed by atoms with van der Waals surface area (Å²) in [5, 5.41) is 3.33. The maximum atomic E-state index is 11.6. The molecule has 136 valence electrons. The lowest BCUT2D eigenvalue weighted by Gasteiger charge is -2.19. The number of nitrogens with zero attached hydrogens (tertiary/aromatic N) is 1. The summed E-state index contributed by atoms with van der Waals surface area (Å²) in [4.78, 5) is 15.8. The summed E-state index contributed by atoms with van der Waals surface area (Å²) < 4.78 is 10.9. The summed E-state index contributed by atoms with van der Waals surface area (Å²) in [6.45, 7) is 5.94. The third-order valence-electron chi connectivity index (χ3n) is 3.31. The van der Waals surface area contributed by atoms with Crippen LogP contribution in [0.4, 0.5) is 4.79 Å². The van der Waals surface area contributed by atoms with E-state index in [2.05, 4.69) is 10.3 Å². The minimum atomic E-state index is -0.505. The maximum absolute atomic E-state index is 11.6. The molecule has 0 fully saturated rings. The fraction of sp³-hybridized carbons (Fsp3) is 0.444. The van der Waals surface area contributed by atoms with Crippen LogP contribution in [0.15, 0.2) is 34.9 Å². The third-order valence-corrected chi connectivity index (χ3v) is 3.55. The molecule has 0 bridgehead atoms. The lowest BCUT2D eigenvalue weighted by atomic mass is 10.1. The highest BCUT2D eigenvalue weighted by atomic mass is 35.5. The van der Waals surface area contributed by atoms with Crippen molar-refractivity contribution in [2.24, 2.45) is 5.73 Å². The van der Waals surface area contributed by atoms with Crippen LogP contribution in [0.1, 0.15) is 45.5 Å². The number of nitrogens with two attached hydrogens (primary N) is 1. The van der Waals surface area contributed by atoms with Crippen molar-refractivity contribution in [3.63, 3.8) is 0 Å². The molecule has 0 aliphatic carbocycles. The maximum Gasteiger partial charge on any atom is 0.407 e. The Morgan fingerprint density at radius 1 is 1.44 bits per heavy atom. The Balaban J connectivity index is 1.80. The van der Waals surface area contributed by atoms with Gasteiger partial charge in [-0.1, -0.05) is 23.7 Å². The van der Waals surface area contributed by atoms with E-state index in [0.29, 0.717) is 36.1 Å². The van der Waals surface area contributed by atoms with Gasteiger partial charge in [0.2, 0.25) is 5.89 Å². The standard InChI is InChI=1S/C18H24ClN3O3/c1-18(2,3)25-17(23)21-9-5-8-14(20)16-22-11-15(24-16)12-6-4-7-13(19)10-12/h4,6-7,10-11,14H,5,8-9,20H2,1-3H3,(H,21,23)/t14-/m0/s1. The molecule has 0 saturated carbocycles. The van der Waals surface area contributed by atoms with E-state index in [-0.39, 0.29) is 6.04 Å². The predicted molar refractivity (Wildman–Crippen MR) is 97.3 cm³/mol. The molecule has 1 amide bonds. The van der Waals surface area contributed by atoms with Crippen LogP contribution in [-0.4, -0.2) is 23.2 Å². The van der Waals surface area contributed by atoms with E-state index < -0.39 is 11.7 Å². The molecule has 0 saturated heterocycles. The van der Waals surface area contributed by atoms with Gasteiger partial charge in [0, 0.05) is 17.1 Å². The van der Waals surface area contributed by atoms with Gasteiger partial charge in [-0.25, -0.2) is 9.78 Å². The van der Waals surface area contributed by atoms with Crippen LogP contribution in [0.5, 0.6) is 0 Å². The van der Waals surface area contributed by atoms with Gasteiger partial charge in [-0.05, 0) is 45.7 Å². The van der Waals surface area contributed by atoms with Gasteiger partial charge in [0.15, 0.2) is 5.76 Å². The van der Waals surface area contributed by atoms with Crippen molar-refractivity contribution in [3.05, 3.63) is 41.4 Å². The summed E-state index contributed by atoms with van der Waals surface area (Å²) in [7, 11) is 0. The number of rotatable bonds is 6. The Hall–Kier alpha value is -2.05. The number of aromatic nitrogens is 1. The number of halogens is 1. The minimum Gasteiger partial charge on any atom is -0.444 e. The molecule has 2 rings (SSSR count). The molecule has 2 aromatic rings. The molecular formula is C18H24ClN3O3. The highest BCUT2D eigenvalue weighted by Crippen LogP contribution is 2.25. The van der Waals surface area contributed by atoms with Crippen molar-refractivity contribution in [3.8, 4) is 11.3 Å². The fourth-order valence-corrected chi connectivity index (χ4v) is 2.37. The lowest BCUT2D eigenvalue weighted by Crippen LogP contribution is -2.33. The smallest absolute Gasteiger partial charge is 0.407 e. The van der Waals surface area contributed by atoms with Crippen LogP contribution < -0.4 is 11.1 Å². The van der Waals surface area contributed by atoms with E-state index in [1.54, 1.807) is 12.3 Å². The molecule has 25 heavy (non-hydrogen) atoms.